The van der Waals surface area contributed by atoms with Gasteiger partial charge in [-0.1, -0.05) is 162 Å². The van der Waals surface area contributed by atoms with Gasteiger partial charge in [0.05, 0.1) is 6.10 Å². The second-order valence-electron chi connectivity index (χ2n) is 10.8. The lowest BCUT2D eigenvalue weighted by Gasteiger charge is -2.15. The minimum Gasteiger partial charge on any atom is -0.330 e. The Kier molecular flexibility index (Phi) is 34.1. The molecule has 7 heteroatoms. The first-order valence-corrected chi connectivity index (χ1v) is 17.6. The SMILES string of the molecule is CCCCCCCCCCCCCCCCC(CN)OP(=O)(O)O.CCCCCCCCCCCCN. The van der Waals surface area contributed by atoms with Crippen molar-refractivity contribution in [1.82, 2.24) is 0 Å². The molecule has 0 aliphatic rings. The molecule has 0 saturated heterocycles. The van der Waals surface area contributed by atoms with Crippen molar-refractivity contribution in [2.24, 2.45) is 11.5 Å². The number of nitrogens with two attached hydrogens (primary N) is 2. The van der Waals surface area contributed by atoms with Crippen LogP contribution in [0.4, 0.5) is 0 Å². The number of hydrogen-bond acceptors (Lipinski definition) is 4. The number of rotatable bonds is 28. The Labute approximate surface area is 231 Å². The van der Waals surface area contributed by atoms with Crippen molar-refractivity contribution >= 4 is 7.82 Å². The molecular formula is C30H67N2O4P. The lowest BCUT2D eigenvalue weighted by atomic mass is 10.0. The maximum atomic E-state index is 10.8. The minimum atomic E-state index is -4.41. The van der Waals surface area contributed by atoms with Crippen LogP contribution in [0.5, 0.6) is 0 Å². The molecule has 226 valence electrons. The average Bonchev–Trinajstić information content (AvgIpc) is 2.87. The summed E-state index contributed by atoms with van der Waals surface area (Å²) in [6.07, 6.45) is 32.2. The van der Waals surface area contributed by atoms with Crippen molar-refractivity contribution in [2.45, 2.75) is 180 Å². The zero-order valence-electron chi connectivity index (χ0n) is 25.0. The van der Waals surface area contributed by atoms with E-state index in [-0.39, 0.29) is 6.54 Å². The molecule has 0 amide bonds. The Hall–Kier alpha value is 0.0300. The highest BCUT2D eigenvalue weighted by Gasteiger charge is 2.20. The van der Waals surface area contributed by atoms with Crippen LogP contribution in [-0.2, 0) is 9.09 Å². The van der Waals surface area contributed by atoms with Gasteiger partial charge >= 0.3 is 7.82 Å². The lowest BCUT2D eigenvalue weighted by Crippen LogP contribution is -2.22. The van der Waals surface area contributed by atoms with E-state index in [9.17, 15) is 4.57 Å². The highest BCUT2D eigenvalue weighted by molar-refractivity contribution is 7.46. The van der Waals surface area contributed by atoms with E-state index in [0.717, 1.165) is 19.4 Å². The predicted molar refractivity (Wildman–Crippen MR) is 162 cm³/mol. The van der Waals surface area contributed by atoms with E-state index >= 15 is 0 Å². The van der Waals surface area contributed by atoms with E-state index in [0.29, 0.717) is 6.42 Å². The van der Waals surface area contributed by atoms with Gasteiger partial charge in [0, 0.05) is 6.54 Å². The third kappa shape index (κ3) is 38.2. The molecule has 0 fully saturated rings. The Morgan fingerprint density at radius 1 is 0.541 bits per heavy atom. The molecule has 1 atom stereocenters. The molecule has 6 N–H and O–H groups in total. The van der Waals surface area contributed by atoms with E-state index in [1.54, 1.807) is 0 Å². The predicted octanol–water partition coefficient (Wildman–Crippen LogP) is 9.16. The largest absolute Gasteiger partial charge is 0.469 e. The van der Waals surface area contributed by atoms with Crippen LogP contribution in [0.15, 0.2) is 0 Å². The van der Waals surface area contributed by atoms with Crippen molar-refractivity contribution in [3.63, 3.8) is 0 Å². The zero-order chi connectivity index (χ0) is 27.9. The van der Waals surface area contributed by atoms with Crippen LogP contribution in [-0.4, -0.2) is 29.0 Å². The average molecular weight is 551 g/mol. The Morgan fingerprint density at radius 3 is 1.11 bits per heavy atom. The summed E-state index contributed by atoms with van der Waals surface area (Å²) in [5.74, 6) is 0. The molecule has 0 aliphatic carbocycles. The second-order valence-corrected chi connectivity index (χ2v) is 12.0. The molecule has 0 bridgehead atoms. The summed E-state index contributed by atoms with van der Waals surface area (Å²) >= 11 is 0. The van der Waals surface area contributed by atoms with Gasteiger partial charge in [0.25, 0.3) is 0 Å². The first-order chi connectivity index (χ1) is 17.9. The molecule has 0 spiro atoms. The molecule has 0 aromatic rings. The van der Waals surface area contributed by atoms with Gasteiger partial charge in [-0.15, -0.1) is 0 Å². The number of unbranched alkanes of at least 4 members (excludes halogenated alkanes) is 22. The first kappa shape index (κ1) is 39.2. The van der Waals surface area contributed by atoms with Crippen LogP contribution in [0.1, 0.15) is 174 Å². The van der Waals surface area contributed by atoms with Crippen LogP contribution in [0, 0.1) is 0 Å². The van der Waals surface area contributed by atoms with E-state index < -0.39 is 13.9 Å². The van der Waals surface area contributed by atoms with Crippen molar-refractivity contribution in [1.29, 1.82) is 0 Å². The molecule has 0 rings (SSSR count). The fourth-order valence-electron chi connectivity index (χ4n) is 4.61. The van der Waals surface area contributed by atoms with Crippen LogP contribution in [0.25, 0.3) is 0 Å². The standard InChI is InChI=1S/C18H40NO4P.C12H27N/c1-2-3-4-5-6-7-8-9-10-11-12-13-14-15-16-18(17-19)23-24(20,21)22;1-2-3-4-5-6-7-8-9-10-11-12-13/h18H,2-17,19H2,1H3,(H2,20,21,22);2-13H2,1H3. The highest BCUT2D eigenvalue weighted by atomic mass is 31.2. The molecule has 0 aromatic carbocycles. The molecule has 1 unspecified atom stereocenters. The Balaban J connectivity index is 0. The van der Waals surface area contributed by atoms with Gasteiger partial charge in [-0.25, -0.2) is 4.57 Å². The summed E-state index contributed by atoms with van der Waals surface area (Å²) in [7, 11) is -4.41. The molecule has 0 aromatic heterocycles. The number of hydrogen-bond donors (Lipinski definition) is 4. The third-order valence-corrected chi connectivity index (χ3v) is 7.56. The van der Waals surface area contributed by atoms with Crippen molar-refractivity contribution in [3.05, 3.63) is 0 Å². The van der Waals surface area contributed by atoms with E-state index in [4.69, 9.17) is 21.3 Å². The minimum absolute atomic E-state index is 0.156. The van der Waals surface area contributed by atoms with Crippen LogP contribution in [0.2, 0.25) is 0 Å². The van der Waals surface area contributed by atoms with Crippen LogP contribution < -0.4 is 11.5 Å². The zero-order valence-corrected chi connectivity index (χ0v) is 25.9. The van der Waals surface area contributed by atoms with Crippen molar-refractivity contribution in [3.8, 4) is 0 Å². The smallest absolute Gasteiger partial charge is 0.330 e. The van der Waals surface area contributed by atoms with Gasteiger partial charge in [-0.05, 0) is 19.4 Å². The number of phosphoric ester groups is 1. The topological polar surface area (TPSA) is 119 Å². The lowest BCUT2D eigenvalue weighted by molar-refractivity contribution is 0.129. The van der Waals surface area contributed by atoms with Crippen LogP contribution in [0.3, 0.4) is 0 Å². The van der Waals surface area contributed by atoms with E-state index in [1.807, 2.05) is 0 Å². The van der Waals surface area contributed by atoms with E-state index in [2.05, 4.69) is 18.4 Å². The molecule has 0 saturated carbocycles. The highest BCUT2D eigenvalue weighted by Crippen LogP contribution is 2.38. The number of phosphoric acid groups is 1. The Bertz CT molecular complexity index is 453. The van der Waals surface area contributed by atoms with Gasteiger partial charge < -0.3 is 21.3 Å². The van der Waals surface area contributed by atoms with Gasteiger partial charge in [-0.3, -0.25) is 4.52 Å². The second kappa shape index (κ2) is 32.2. The summed E-state index contributed by atoms with van der Waals surface area (Å²) in [6.45, 7) is 5.56. The van der Waals surface area contributed by atoms with Gasteiger partial charge in [0.2, 0.25) is 0 Å². The monoisotopic (exact) mass is 550 g/mol. The van der Waals surface area contributed by atoms with Crippen molar-refractivity contribution in [2.75, 3.05) is 13.1 Å². The van der Waals surface area contributed by atoms with Gasteiger partial charge in [0.1, 0.15) is 0 Å². The summed E-state index contributed by atoms with van der Waals surface area (Å²) < 4.78 is 15.4. The third-order valence-electron chi connectivity index (χ3n) is 6.99. The van der Waals surface area contributed by atoms with Crippen molar-refractivity contribution < 1.29 is 18.9 Å². The maximum Gasteiger partial charge on any atom is 0.469 e. The Morgan fingerprint density at radius 2 is 0.838 bits per heavy atom. The molecule has 0 heterocycles. The summed E-state index contributed by atoms with van der Waals surface area (Å²) in [5, 5.41) is 0. The van der Waals surface area contributed by atoms with Crippen LogP contribution >= 0.6 is 7.82 Å². The quantitative estimate of drug-likeness (QED) is 0.0569. The van der Waals surface area contributed by atoms with Gasteiger partial charge in [-0.2, -0.15) is 0 Å². The molecule has 0 radical (unpaired) electrons. The summed E-state index contributed by atoms with van der Waals surface area (Å²) in [5.41, 5.74) is 10.9. The van der Waals surface area contributed by atoms with E-state index in [1.165, 1.54) is 141 Å². The van der Waals surface area contributed by atoms with Gasteiger partial charge in [0.15, 0.2) is 0 Å². The maximum absolute atomic E-state index is 10.8. The normalized spacial score (nSPS) is 12.4. The molecule has 6 nitrogen and oxygen atoms in total. The fraction of sp³-hybridized carbons (Fsp3) is 1.00. The summed E-state index contributed by atoms with van der Waals surface area (Å²) in [4.78, 5) is 17.5. The molecule has 0 aliphatic heterocycles. The molecule has 37 heavy (non-hydrogen) atoms. The first-order valence-electron chi connectivity index (χ1n) is 16.0. The fourth-order valence-corrected chi connectivity index (χ4v) is 5.19. The molecular weight excluding hydrogens is 483 g/mol. The summed E-state index contributed by atoms with van der Waals surface area (Å²) in [6, 6.07) is 0.